The molecule has 2 saturated heterocycles. The fourth-order valence-corrected chi connectivity index (χ4v) is 9.63. The molecule has 5 aromatic carbocycles. The molecule has 5 aromatic rings. The number of hydrogen-bond acceptors (Lipinski definition) is 15. The van der Waals surface area contributed by atoms with Gasteiger partial charge in [-0.25, -0.2) is 9.69 Å². The van der Waals surface area contributed by atoms with E-state index in [4.69, 9.17) is 29.4 Å². The quantitative estimate of drug-likeness (QED) is 0.0387. The second-order valence-corrected chi connectivity index (χ2v) is 16.3. The van der Waals surface area contributed by atoms with Crippen LogP contribution in [-0.2, 0) is 54.9 Å². The Labute approximate surface area is 394 Å². The van der Waals surface area contributed by atoms with Crippen LogP contribution in [-0.4, -0.2) is 84.2 Å². The number of methoxy groups -OCH3 is 2. The molecule has 0 saturated carbocycles. The monoisotopic (exact) mass is 936 g/mol. The van der Waals surface area contributed by atoms with Gasteiger partial charge in [-0.2, -0.15) is 0 Å². The minimum Gasteiger partial charge on any atom is -0.491 e. The van der Waals surface area contributed by atoms with Crippen molar-refractivity contribution in [3.63, 3.8) is 0 Å². The lowest BCUT2D eigenvalue weighted by molar-refractivity contribution is -0.384. The number of carbonyl (C=O) groups excluding carboxylic acids is 6. The number of amides is 3. The Balaban J connectivity index is 1.37. The SMILES string of the molecule is COC(=O)C(CC#Cc1ccc2c(c1)C1(C(=O)N2C(=O)OCc2ccc([N+](=O)[O-])cc2)C(C(N)=O)C2C(=O)OC(c3ccccc3)C(c3ccccc3)N2C1c1ccc(OCCO)cc1)C(=O)OC. The molecule has 0 bridgehead atoms. The predicted octanol–water partition coefficient (Wildman–Crippen LogP) is 5.16. The number of ether oxygens (including phenoxy) is 5. The molecule has 0 aliphatic carbocycles. The van der Waals surface area contributed by atoms with Crippen LogP contribution in [0.3, 0.4) is 0 Å². The number of esters is 3. The molecule has 0 aromatic heterocycles. The number of nitro benzene ring substituents is 1. The molecule has 3 heterocycles. The zero-order chi connectivity index (χ0) is 49.0. The van der Waals surface area contributed by atoms with E-state index in [0.717, 1.165) is 19.1 Å². The molecular weight excluding hydrogens is 893 g/mol. The van der Waals surface area contributed by atoms with E-state index in [0.29, 0.717) is 28.0 Å². The average molecular weight is 937 g/mol. The summed E-state index contributed by atoms with van der Waals surface area (Å²) in [5.74, 6) is -1.73. The smallest absolute Gasteiger partial charge is 0.421 e. The van der Waals surface area contributed by atoms with Gasteiger partial charge in [-0.1, -0.05) is 84.6 Å². The number of benzene rings is 5. The lowest BCUT2D eigenvalue weighted by Gasteiger charge is -2.46. The van der Waals surface area contributed by atoms with Crippen molar-refractivity contribution in [2.75, 3.05) is 32.3 Å². The van der Waals surface area contributed by atoms with Crippen LogP contribution in [0.2, 0.25) is 0 Å². The lowest BCUT2D eigenvalue weighted by Crippen LogP contribution is -2.55. The van der Waals surface area contributed by atoms with E-state index in [1.807, 2.05) is 18.2 Å². The van der Waals surface area contributed by atoms with Crippen molar-refractivity contribution in [1.29, 1.82) is 0 Å². The Kier molecular flexibility index (Phi) is 13.5. The first-order valence-electron chi connectivity index (χ1n) is 21.6. The summed E-state index contributed by atoms with van der Waals surface area (Å²) in [5.41, 5.74) is 6.23. The van der Waals surface area contributed by atoms with Gasteiger partial charge in [0.15, 0.2) is 5.92 Å². The van der Waals surface area contributed by atoms with Crippen LogP contribution in [0.15, 0.2) is 127 Å². The normalized spacial score (nSPS) is 21.3. The van der Waals surface area contributed by atoms with Gasteiger partial charge in [-0.3, -0.25) is 39.0 Å². The van der Waals surface area contributed by atoms with Crippen molar-refractivity contribution in [3.05, 3.63) is 171 Å². The molecule has 3 amide bonds. The van der Waals surface area contributed by atoms with Gasteiger partial charge in [0.1, 0.15) is 36.5 Å². The van der Waals surface area contributed by atoms with Crippen LogP contribution in [0.4, 0.5) is 16.2 Å². The summed E-state index contributed by atoms with van der Waals surface area (Å²) in [6.45, 7) is -0.733. The number of anilines is 1. The van der Waals surface area contributed by atoms with Gasteiger partial charge in [0, 0.05) is 24.1 Å². The summed E-state index contributed by atoms with van der Waals surface area (Å²) in [6.07, 6.45) is -2.53. The molecule has 0 radical (unpaired) electrons. The number of cyclic esters (lactones) is 1. The van der Waals surface area contributed by atoms with Crippen molar-refractivity contribution in [2.45, 2.75) is 42.7 Å². The molecule has 6 unspecified atom stereocenters. The van der Waals surface area contributed by atoms with E-state index in [2.05, 4.69) is 11.8 Å². The summed E-state index contributed by atoms with van der Waals surface area (Å²) in [6, 6.07) is 30.5. The van der Waals surface area contributed by atoms with Crippen LogP contribution in [0.1, 0.15) is 58.0 Å². The highest BCUT2D eigenvalue weighted by molar-refractivity contribution is 6.23. The highest BCUT2D eigenvalue weighted by atomic mass is 16.6. The van der Waals surface area contributed by atoms with Crippen molar-refractivity contribution < 1.29 is 62.5 Å². The molecule has 69 heavy (non-hydrogen) atoms. The molecule has 2 fully saturated rings. The first-order valence-corrected chi connectivity index (χ1v) is 21.6. The number of non-ortho nitro benzene ring substituents is 1. The number of primary amides is 1. The van der Waals surface area contributed by atoms with Crippen molar-refractivity contribution in [1.82, 2.24) is 4.90 Å². The van der Waals surface area contributed by atoms with Crippen molar-refractivity contribution in [3.8, 4) is 17.6 Å². The van der Waals surface area contributed by atoms with E-state index in [-0.39, 0.29) is 42.1 Å². The molecule has 352 valence electrons. The highest BCUT2D eigenvalue weighted by Gasteiger charge is 2.75. The Bertz CT molecular complexity index is 2850. The minimum atomic E-state index is -2.23. The number of fused-ring (bicyclic) bond motifs is 3. The van der Waals surface area contributed by atoms with Gasteiger partial charge in [0.05, 0.1) is 49.4 Å². The lowest BCUT2D eigenvalue weighted by atomic mass is 9.65. The second-order valence-electron chi connectivity index (χ2n) is 16.3. The fraction of sp³-hybridized carbons (Fsp3) is 0.255. The molecule has 6 atom stereocenters. The zero-order valence-electron chi connectivity index (χ0n) is 37.1. The third-order valence-electron chi connectivity index (χ3n) is 12.5. The summed E-state index contributed by atoms with van der Waals surface area (Å²) in [7, 11) is 2.23. The van der Waals surface area contributed by atoms with Gasteiger partial charge in [-0.15, -0.1) is 0 Å². The maximum Gasteiger partial charge on any atom is 0.421 e. The summed E-state index contributed by atoms with van der Waals surface area (Å²) in [4.78, 5) is 98.5. The van der Waals surface area contributed by atoms with Gasteiger partial charge < -0.3 is 34.5 Å². The third kappa shape index (κ3) is 8.60. The zero-order valence-corrected chi connectivity index (χ0v) is 37.1. The molecule has 18 nitrogen and oxygen atoms in total. The van der Waals surface area contributed by atoms with E-state index < -0.39 is 88.8 Å². The molecule has 8 rings (SSSR count). The Hall–Kier alpha value is -8.40. The second kappa shape index (κ2) is 19.8. The number of aliphatic hydroxyl groups excluding tert-OH is 1. The predicted molar refractivity (Wildman–Crippen MR) is 242 cm³/mol. The maximum atomic E-state index is 16.1. The third-order valence-corrected chi connectivity index (χ3v) is 12.5. The molecule has 3 aliphatic rings. The standard InChI is InChI=1S/C51H44N4O14/c1-65-46(58)37(47(59)66-2)15-9-10-30-18-25-39-38(28-30)51(49(61)53(39)50(62)68-29-31-16-21-35(22-17-31)55(63)64)40(45(52)57)42-48(60)69-43(33-13-7-4-8-14-33)41(32-11-5-3-6-12-32)54(42)44(51)34-19-23-36(24-20-34)67-27-26-56/h3-8,11-14,16-25,28,37,40-44,56H,15,26-27,29H2,1-2H3,(H2,52,57). The number of hydrogen-bond donors (Lipinski definition) is 2. The highest BCUT2D eigenvalue weighted by Crippen LogP contribution is 2.65. The molecule has 3 aliphatic heterocycles. The fourth-order valence-electron chi connectivity index (χ4n) is 9.63. The van der Waals surface area contributed by atoms with E-state index >= 15 is 4.79 Å². The minimum absolute atomic E-state index is 0.0298. The Morgan fingerprint density at radius 2 is 1.48 bits per heavy atom. The number of rotatable bonds is 13. The first-order chi connectivity index (χ1) is 33.3. The van der Waals surface area contributed by atoms with Gasteiger partial charge in [0.2, 0.25) is 11.8 Å². The van der Waals surface area contributed by atoms with Gasteiger partial charge in [0.25, 0.3) is 5.69 Å². The van der Waals surface area contributed by atoms with Gasteiger partial charge in [-0.05, 0) is 70.3 Å². The van der Waals surface area contributed by atoms with Crippen molar-refractivity contribution in [2.24, 2.45) is 17.6 Å². The Morgan fingerprint density at radius 3 is 2.07 bits per heavy atom. The summed E-state index contributed by atoms with van der Waals surface area (Å²) < 4.78 is 27.4. The number of imide groups is 1. The summed E-state index contributed by atoms with van der Waals surface area (Å²) in [5, 5.41) is 20.8. The van der Waals surface area contributed by atoms with Crippen LogP contribution in [0.25, 0.3) is 0 Å². The van der Waals surface area contributed by atoms with Crippen LogP contribution < -0.4 is 15.4 Å². The number of nitro groups is 1. The topological polar surface area (TPSA) is 244 Å². The number of nitrogens with two attached hydrogens (primary N) is 1. The van der Waals surface area contributed by atoms with Crippen LogP contribution in [0.5, 0.6) is 5.75 Å². The Morgan fingerprint density at radius 1 is 0.841 bits per heavy atom. The maximum absolute atomic E-state index is 16.1. The van der Waals surface area contributed by atoms with Crippen molar-refractivity contribution >= 4 is 47.2 Å². The largest absolute Gasteiger partial charge is 0.491 e. The number of nitrogens with zero attached hydrogens (tertiary/aromatic N) is 3. The van der Waals surface area contributed by atoms with Crippen LogP contribution in [0, 0.1) is 33.8 Å². The molecule has 3 N–H and O–H groups in total. The first kappa shape index (κ1) is 47.1. The number of morpholine rings is 1. The van der Waals surface area contributed by atoms with Gasteiger partial charge >= 0.3 is 24.0 Å². The van der Waals surface area contributed by atoms with E-state index in [1.54, 1.807) is 71.6 Å². The summed E-state index contributed by atoms with van der Waals surface area (Å²) >= 11 is 0. The average Bonchev–Trinajstić information content (AvgIpc) is 3.83. The molecular formula is C51H44N4O14. The molecule has 18 heteroatoms. The number of aliphatic hydroxyl groups is 1. The number of carbonyl (C=O) groups is 6. The molecule has 1 spiro atoms. The van der Waals surface area contributed by atoms with E-state index in [1.165, 1.54) is 42.5 Å². The van der Waals surface area contributed by atoms with E-state index in [9.17, 15) is 39.2 Å². The van der Waals surface area contributed by atoms with Crippen LogP contribution >= 0.6 is 0 Å².